The molecule has 0 aliphatic rings. The minimum atomic E-state index is -0.611. The van der Waals surface area contributed by atoms with Crippen molar-refractivity contribution in [2.45, 2.75) is 6.92 Å². The molecule has 0 unspecified atom stereocenters. The molecule has 1 N–H and O–H groups in total. The Kier molecular flexibility index (Phi) is 4.15. The first-order chi connectivity index (χ1) is 4.72. The molecule has 0 spiro atoms. The van der Waals surface area contributed by atoms with Crippen LogP contribution < -0.4 is 0 Å². The Balaban J connectivity index is 4.18. The van der Waals surface area contributed by atoms with Crippen LogP contribution in [-0.2, 0) is 0 Å². The lowest BCUT2D eigenvalue weighted by Crippen LogP contribution is -2.02. The first-order valence-corrected chi connectivity index (χ1v) is 2.79. The highest BCUT2D eigenvalue weighted by atomic mass is 16.6. The molecule has 0 aliphatic heterocycles. The van der Waals surface area contributed by atoms with Crippen molar-refractivity contribution in [3.05, 3.63) is 34.0 Å². The van der Waals surface area contributed by atoms with Gasteiger partial charge in [0.15, 0.2) is 0 Å². The van der Waals surface area contributed by atoms with Gasteiger partial charge in [0.25, 0.3) is 5.70 Å². The molecule has 56 valence electrons. The summed E-state index contributed by atoms with van der Waals surface area (Å²) in [5.74, 6) is 0. The maximum Gasteiger partial charge on any atom is 0.271 e. The van der Waals surface area contributed by atoms with E-state index >= 15 is 0 Å². The van der Waals surface area contributed by atoms with E-state index in [1.807, 2.05) is 0 Å². The molecule has 0 aromatic carbocycles. The number of aliphatic hydroxyl groups is 1. The van der Waals surface area contributed by atoms with Gasteiger partial charge >= 0.3 is 0 Å². The highest BCUT2D eigenvalue weighted by molar-refractivity contribution is 5.05. The van der Waals surface area contributed by atoms with Crippen molar-refractivity contribution < 1.29 is 10.0 Å². The zero-order valence-electron chi connectivity index (χ0n) is 5.65. The van der Waals surface area contributed by atoms with Gasteiger partial charge in [0, 0.05) is 6.08 Å². The van der Waals surface area contributed by atoms with Crippen LogP contribution in [0.15, 0.2) is 23.9 Å². The van der Waals surface area contributed by atoms with Gasteiger partial charge in [0.2, 0.25) is 0 Å². The summed E-state index contributed by atoms with van der Waals surface area (Å²) in [5.41, 5.74) is -0.196. The molecule has 0 saturated carbocycles. The summed E-state index contributed by atoms with van der Waals surface area (Å²) < 4.78 is 0. The molecule has 10 heavy (non-hydrogen) atoms. The van der Waals surface area contributed by atoms with Gasteiger partial charge in [-0.25, -0.2) is 0 Å². The predicted octanol–water partition coefficient (Wildman–Crippen LogP) is 0.715. The lowest BCUT2D eigenvalue weighted by Gasteiger charge is -1.88. The molecular formula is C6H9NO3. The van der Waals surface area contributed by atoms with Crippen molar-refractivity contribution in [3.63, 3.8) is 0 Å². The van der Waals surface area contributed by atoms with Crippen molar-refractivity contribution in [2.24, 2.45) is 0 Å². The number of nitro groups is 1. The average molecular weight is 143 g/mol. The lowest BCUT2D eigenvalue weighted by atomic mass is 10.4. The molecule has 0 aromatic heterocycles. The molecular weight excluding hydrogens is 134 g/mol. The van der Waals surface area contributed by atoms with Crippen molar-refractivity contribution in [3.8, 4) is 0 Å². The third-order valence-corrected chi connectivity index (χ3v) is 0.878. The van der Waals surface area contributed by atoms with E-state index in [9.17, 15) is 10.1 Å². The molecule has 0 heterocycles. The Labute approximate surface area is 58.6 Å². The zero-order valence-corrected chi connectivity index (χ0v) is 5.65. The van der Waals surface area contributed by atoms with Crippen molar-refractivity contribution >= 4 is 0 Å². The van der Waals surface area contributed by atoms with Crippen LogP contribution in [0.1, 0.15) is 6.92 Å². The van der Waals surface area contributed by atoms with Crippen LogP contribution in [0.4, 0.5) is 0 Å². The molecule has 0 radical (unpaired) electrons. The maximum atomic E-state index is 9.98. The van der Waals surface area contributed by atoms with E-state index in [2.05, 4.69) is 0 Å². The van der Waals surface area contributed by atoms with Gasteiger partial charge in [-0.2, -0.15) is 0 Å². The fourth-order valence-corrected chi connectivity index (χ4v) is 0.379. The van der Waals surface area contributed by atoms with Crippen LogP contribution in [-0.4, -0.2) is 16.6 Å². The van der Waals surface area contributed by atoms with Crippen LogP contribution in [0.3, 0.4) is 0 Å². The topological polar surface area (TPSA) is 63.4 Å². The summed E-state index contributed by atoms with van der Waals surface area (Å²) in [6, 6.07) is 0. The van der Waals surface area contributed by atoms with Gasteiger partial charge in [0.1, 0.15) is 6.61 Å². The molecule has 0 atom stereocenters. The summed E-state index contributed by atoms with van der Waals surface area (Å²) in [6.45, 7) is 1.21. The van der Waals surface area contributed by atoms with E-state index < -0.39 is 11.5 Å². The van der Waals surface area contributed by atoms with E-state index in [-0.39, 0.29) is 5.70 Å². The van der Waals surface area contributed by atoms with E-state index in [1.165, 1.54) is 12.2 Å². The quantitative estimate of drug-likeness (QED) is 0.359. The van der Waals surface area contributed by atoms with Gasteiger partial charge in [0.05, 0.1) is 4.92 Å². The summed E-state index contributed by atoms with van der Waals surface area (Å²) >= 11 is 0. The Morgan fingerprint density at radius 1 is 1.80 bits per heavy atom. The Morgan fingerprint density at radius 2 is 2.40 bits per heavy atom. The highest BCUT2D eigenvalue weighted by Gasteiger charge is 2.04. The van der Waals surface area contributed by atoms with Crippen molar-refractivity contribution in [1.82, 2.24) is 0 Å². The summed E-state index contributed by atoms with van der Waals surface area (Å²) in [5, 5.41) is 18.4. The fourth-order valence-electron chi connectivity index (χ4n) is 0.379. The maximum absolute atomic E-state index is 9.98. The van der Waals surface area contributed by atoms with Crippen LogP contribution in [0.25, 0.3) is 0 Å². The van der Waals surface area contributed by atoms with Crippen molar-refractivity contribution in [1.29, 1.82) is 0 Å². The van der Waals surface area contributed by atoms with E-state index in [1.54, 1.807) is 13.0 Å². The van der Waals surface area contributed by atoms with Gasteiger partial charge in [-0.05, 0) is 6.92 Å². The number of nitrogens with zero attached hydrogens (tertiary/aromatic N) is 1. The lowest BCUT2D eigenvalue weighted by molar-refractivity contribution is -0.429. The Hall–Kier alpha value is -1.16. The number of hydrogen-bond acceptors (Lipinski definition) is 3. The molecule has 0 rings (SSSR count). The minimum Gasteiger partial charge on any atom is -0.385 e. The molecule has 4 nitrogen and oxygen atoms in total. The van der Waals surface area contributed by atoms with Crippen LogP contribution in [0.5, 0.6) is 0 Å². The number of allylic oxidation sites excluding steroid dienone is 3. The molecule has 0 aromatic rings. The second-order valence-electron chi connectivity index (χ2n) is 1.60. The minimum absolute atomic E-state index is 0.196. The SMILES string of the molecule is C/C=C/C=C(\CO)[N+](=O)[O-]. The number of rotatable bonds is 3. The van der Waals surface area contributed by atoms with Gasteiger partial charge in [-0.3, -0.25) is 10.1 Å². The fraction of sp³-hybridized carbons (Fsp3) is 0.333. The standard InChI is InChI=1S/C6H9NO3/c1-2-3-4-6(5-8)7(9)10/h2-4,8H,5H2,1H3/b3-2+,6-4+. The summed E-state index contributed by atoms with van der Waals surface area (Å²) in [7, 11) is 0. The largest absolute Gasteiger partial charge is 0.385 e. The number of hydrogen-bond donors (Lipinski definition) is 1. The first kappa shape index (κ1) is 8.84. The van der Waals surface area contributed by atoms with Crippen LogP contribution >= 0.6 is 0 Å². The second-order valence-corrected chi connectivity index (χ2v) is 1.60. The molecule has 4 heteroatoms. The second kappa shape index (κ2) is 4.69. The van der Waals surface area contributed by atoms with Gasteiger partial charge in [-0.15, -0.1) is 0 Å². The monoisotopic (exact) mass is 143 g/mol. The smallest absolute Gasteiger partial charge is 0.271 e. The normalized spacial score (nSPS) is 12.4. The van der Waals surface area contributed by atoms with Gasteiger partial charge in [-0.1, -0.05) is 12.2 Å². The molecule has 0 fully saturated rings. The highest BCUT2D eigenvalue weighted by Crippen LogP contribution is 1.93. The first-order valence-electron chi connectivity index (χ1n) is 2.79. The van der Waals surface area contributed by atoms with Crippen molar-refractivity contribution in [2.75, 3.05) is 6.61 Å². The average Bonchev–Trinajstić information content (AvgIpc) is 1.89. The third-order valence-electron chi connectivity index (χ3n) is 0.878. The summed E-state index contributed by atoms with van der Waals surface area (Å²) in [4.78, 5) is 9.37. The molecule has 0 aliphatic carbocycles. The van der Waals surface area contributed by atoms with Crippen LogP contribution in [0, 0.1) is 10.1 Å². The Bertz CT molecular complexity index is 172. The molecule has 0 amide bonds. The van der Waals surface area contributed by atoms with E-state index in [0.29, 0.717) is 0 Å². The molecule has 0 saturated heterocycles. The third kappa shape index (κ3) is 2.99. The van der Waals surface area contributed by atoms with Crippen LogP contribution in [0.2, 0.25) is 0 Å². The predicted molar refractivity (Wildman–Crippen MR) is 37.0 cm³/mol. The van der Waals surface area contributed by atoms with Gasteiger partial charge < -0.3 is 5.11 Å². The summed E-state index contributed by atoms with van der Waals surface area (Å²) in [6.07, 6.45) is 4.42. The number of aliphatic hydroxyl groups excluding tert-OH is 1. The molecule has 0 bridgehead atoms. The Morgan fingerprint density at radius 3 is 2.70 bits per heavy atom. The van der Waals surface area contributed by atoms with E-state index in [4.69, 9.17) is 5.11 Å². The zero-order chi connectivity index (χ0) is 7.98. The van der Waals surface area contributed by atoms with E-state index in [0.717, 1.165) is 0 Å².